The van der Waals surface area contributed by atoms with Gasteiger partial charge in [0, 0.05) is 7.11 Å². The molecule has 0 aliphatic rings. The van der Waals surface area contributed by atoms with E-state index in [2.05, 4.69) is 9.26 Å². The molecule has 0 bridgehead atoms. The third-order valence-corrected chi connectivity index (χ3v) is 2.38. The van der Waals surface area contributed by atoms with Crippen molar-refractivity contribution >= 4 is 14.1 Å². The molecule has 0 saturated heterocycles. The first-order chi connectivity index (χ1) is 7.72. The monoisotopic (exact) mass is 274 g/mol. The fourth-order valence-corrected chi connectivity index (χ4v) is 1.40. The fourth-order valence-electron chi connectivity index (χ4n) is 1.05. The van der Waals surface area contributed by atoms with Gasteiger partial charge in [-0.1, -0.05) is 0 Å². The molecular weight excluding hydrogens is 259 g/mol. The van der Waals surface area contributed by atoms with Gasteiger partial charge in [-0.05, 0) is 0 Å². The average molecular weight is 274 g/mol. The van der Waals surface area contributed by atoms with Gasteiger partial charge in [0.1, 0.15) is 24.4 Å². The Morgan fingerprint density at radius 3 is 2.18 bits per heavy atom. The minimum Gasteiger partial charge on any atom is -0.388 e. The Hall–Kier alpha value is -0.380. The number of aldehydes is 1. The molecule has 9 nitrogen and oxygen atoms in total. The Labute approximate surface area is 96.8 Å². The van der Waals surface area contributed by atoms with Crippen LogP contribution in [0.4, 0.5) is 0 Å². The van der Waals surface area contributed by atoms with E-state index in [9.17, 15) is 19.6 Å². The van der Waals surface area contributed by atoms with Crippen molar-refractivity contribution in [1.82, 2.24) is 0 Å². The number of phosphoric acid groups is 1. The number of carbonyl (C=O) groups excluding carboxylic acids is 1. The maximum atomic E-state index is 10.3. The van der Waals surface area contributed by atoms with Crippen LogP contribution in [0.2, 0.25) is 0 Å². The van der Waals surface area contributed by atoms with E-state index in [1.165, 1.54) is 0 Å². The Balaban J connectivity index is 4.40. The highest BCUT2D eigenvalue weighted by Gasteiger charge is 2.33. The fraction of sp³-hybridized carbons (Fsp3) is 0.857. The molecule has 0 aromatic heterocycles. The van der Waals surface area contributed by atoms with Crippen molar-refractivity contribution in [2.45, 2.75) is 24.4 Å². The summed E-state index contributed by atoms with van der Waals surface area (Å²) in [4.78, 5) is 27.0. The zero-order valence-corrected chi connectivity index (χ0v) is 9.80. The number of aliphatic hydroxyl groups is 3. The highest BCUT2D eigenvalue weighted by Crippen LogP contribution is 2.35. The van der Waals surface area contributed by atoms with Crippen molar-refractivity contribution in [3.63, 3.8) is 0 Å². The number of aliphatic hydroxyl groups excluding tert-OH is 3. The summed E-state index contributed by atoms with van der Waals surface area (Å²) in [6.07, 6.45) is -6.50. The molecule has 0 aromatic carbocycles. The average Bonchev–Trinajstić information content (AvgIpc) is 2.25. The van der Waals surface area contributed by atoms with Gasteiger partial charge in [0.2, 0.25) is 0 Å². The molecular formula is C7H15O9P. The molecule has 0 heterocycles. The number of methoxy groups -OCH3 is 1. The summed E-state index contributed by atoms with van der Waals surface area (Å²) in [6, 6.07) is 0. The van der Waals surface area contributed by atoms with Crippen LogP contribution in [-0.4, -0.2) is 69.5 Å². The van der Waals surface area contributed by atoms with E-state index < -0.39 is 38.8 Å². The molecule has 4 atom stereocenters. The Morgan fingerprint density at radius 2 is 1.82 bits per heavy atom. The summed E-state index contributed by atoms with van der Waals surface area (Å²) >= 11 is 0. The molecule has 17 heavy (non-hydrogen) atoms. The summed E-state index contributed by atoms with van der Waals surface area (Å²) in [7, 11) is -3.69. The number of phosphoric ester groups is 1. The second kappa shape index (κ2) is 7.14. The van der Waals surface area contributed by atoms with Gasteiger partial charge in [-0.2, -0.15) is 0 Å². The molecule has 0 aliphatic carbocycles. The van der Waals surface area contributed by atoms with Crippen LogP contribution in [0, 0.1) is 0 Å². The van der Waals surface area contributed by atoms with E-state index in [4.69, 9.17) is 14.9 Å². The first-order valence-corrected chi connectivity index (χ1v) is 5.98. The summed E-state index contributed by atoms with van der Waals surface area (Å²) in [5.41, 5.74) is 0. The van der Waals surface area contributed by atoms with Crippen molar-refractivity contribution in [3.8, 4) is 0 Å². The molecule has 0 rings (SSSR count). The van der Waals surface area contributed by atoms with E-state index in [0.29, 0.717) is 0 Å². The number of hydrogen-bond donors (Lipinski definition) is 5. The topological polar surface area (TPSA) is 154 Å². The highest BCUT2D eigenvalue weighted by atomic mass is 31.2. The lowest BCUT2D eigenvalue weighted by molar-refractivity contribution is -0.142. The van der Waals surface area contributed by atoms with Crippen molar-refractivity contribution in [1.29, 1.82) is 0 Å². The molecule has 0 saturated carbocycles. The minimum absolute atomic E-state index is 0.0912. The number of rotatable bonds is 8. The van der Waals surface area contributed by atoms with Crippen LogP contribution in [0.3, 0.4) is 0 Å². The smallest absolute Gasteiger partial charge is 0.388 e. The largest absolute Gasteiger partial charge is 0.469 e. The van der Waals surface area contributed by atoms with Crippen molar-refractivity contribution in [2.75, 3.05) is 13.7 Å². The Bertz CT molecular complexity index is 277. The Morgan fingerprint density at radius 1 is 1.29 bits per heavy atom. The predicted molar refractivity (Wildman–Crippen MR) is 52.9 cm³/mol. The molecule has 0 radical (unpaired) electrons. The van der Waals surface area contributed by atoms with E-state index in [0.717, 1.165) is 7.11 Å². The van der Waals surface area contributed by atoms with Crippen molar-refractivity contribution in [2.24, 2.45) is 0 Å². The molecule has 102 valence electrons. The van der Waals surface area contributed by atoms with Gasteiger partial charge in [0.05, 0.1) is 6.61 Å². The maximum Gasteiger partial charge on any atom is 0.469 e. The molecule has 0 aliphatic heterocycles. The normalized spacial score (nSPS) is 19.4. The zero-order chi connectivity index (χ0) is 13.6. The van der Waals surface area contributed by atoms with E-state index in [1.807, 2.05) is 0 Å². The molecule has 0 unspecified atom stereocenters. The third-order valence-electron chi connectivity index (χ3n) is 1.89. The molecule has 0 aromatic rings. The van der Waals surface area contributed by atoms with Gasteiger partial charge in [0.25, 0.3) is 0 Å². The summed E-state index contributed by atoms with van der Waals surface area (Å²) in [6.45, 7) is -0.878. The molecule has 0 spiro atoms. The molecule has 0 amide bonds. The van der Waals surface area contributed by atoms with Gasteiger partial charge in [0.15, 0.2) is 6.29 Å². The lowest BCUT2D eigenvalue weighted by Gasteiger charge is -2.26. The van der Waals surface area contributed by atoms with Crippen LogP contribution in [0.15, 0.2) is 0 Å². The SMILES string of the molecule is CO[C@H]([C@H](O)[C@H](O)COP(=O)(O)O)[C@@H](O)C=O. The second-order valence-electron chi connectivity index (χ2n) is 3.17. The standard InChI is InChI=1S/C7H15O9P/c1-15-7(4(9)2-8)6(11)5(10)3-16-17(12,13)14/h2,4-7,9-11H,3H2,1H3,(H2,12,13,14)/t4-,5+,6+,7-/m0/s1. The van der Waals surface area contributed by atoms with Crippen molar-refractivity contribution in [3.05, 3.63) is 0 Å². The summed E-state index contributed by atoms with van der Waals surface area (Å²) in [5, 5.41) is 27.9. The van der Waals surface area contributed by atoms with Crippen LogP contribution in [0.1, 0.15) is 0 Å². The number of ether oxygens (including phenoxy) is 1. The Kier molecular flexibility index (Phi) is 6.98. The van der Waals surface area contributed by atoms with Gasteiger partial charge >= 0.3 is 7.82 Å². The first kappa shape index (κ1) is 16.6. The lowest BCUT2D eigenvalue weighted by atomic mass is 10.0. The minimum atomic E-state index is -4.77. The van der Waals surface area contributed by atoms with Crippen LogP contribution >= 0.6 is 7.82 Å². The first-order valence-electron chi connectivity index (χ1n) is 4.45. The number of carbonyl (C=O) groups is 1. The molecule has 10 heteroatoms. The van der Waals surface area contributed by atoms with Gasteiger partial charge in [-0.15, -0.1) is 0 Å². The van der Waals surface area contributed by atoms with Gasteiger partial charge in [-0.3, -0.25) is 4.52 Å². The van der Waals surface area contributed by atoms with Crippen molar-refractivity contribution < 1.29 is 43.7 Å². The van der Waals surface area contributed by atoms with E-state index in [1.54, 1.807) is 0 Å². The summed E-state index contributed by atoms with van der Waals surface area (Å²) in [5.74, 6) is 0. The van der Waals surface area contributed by atoms with Gasteiger partial charge in [-0.25, -0.2) is 4.57 Å². The van der Waals surface area contributed by atoms with E-state index >= 15 is 0 Å². The second-order valence-corrected chi connectivity index (χ2v) is 4.41. The molecule has 5 N–H and O–H groups in total. The van der Waals surface area contributed by atoms with Crippen LogP contribution in [-0.2, 0) is 18.6 Å². The zero-order valence-electron chi connectivity index (χ0n) is 8.91. The third kappa shape index (κ3) is 6.20. The number of hydrogen-bond acceptors (Lipinski definition) is 7. The predicted octanol–water partition coefficient (Wildman–Crippen LogP) is -2.61. The summed E-state index contributed by atoms with van der Waals surface area (Å²) < 4.78 is 18.9. The maximum absolute atomic E-state index is 10.3. The lowest BCUT2D eigenvalue weighted by Crippen LogP contribution is -2.47. The van der Waals surface area contributed by atoms with Crippen LogP contribution in [0.25, 0.3) is 0 Å². The van der Waals surface area contributed by atoms with Crippen LogP contribution < -0.4 is 0 Å². The molecule has 0 fully saturated rings. The van der Waals surface area contributed by atoms with E-state index in [-0.39, 0.29) is 6.29 Å². The highest BCUT2D eigenvalue weighted by molar-refractivity contribution is 7.46. The van der Waals surface area contributed by atoms with Crippen LogP contribution in [0.5, 0.6) is 0 Å². The quantitative estimate of drug-likeness (QED) is 0.236. The van der Waals surface area contributed by atoms with Gasteiger partial charge < -0.3 is 34.6 Å².